The number of nitrogens with zero attached hydrogens (tertiary/aromatic N) is 2. The van der Waals surface area contributed by atoms with E-state index in [1.54, 1.807) is 11.0 Å². The fourth-order valence-corrected chi connectivity index (χ4v) is 4.78. The van der Waals surface area contributed by atoms with E-state index in [1.807, 2.05) is 0 Å². The van der Waals surface area contributed by atoms with Crippen molar-refractivity contribution in [2.75, 3.05) is 26.4 Å². The molecule has 3 aliphatic rings. The van der Waals surface area contributed by atoms with Crippen LogP contribution in [0.2, 0.25) is 0 Å². The van der Waals surface area contributed by atoms with Gasteiger partial charge in [-0.1, -0.05) is 0 Å². The molecule has 196 valence electrons. The number of piperidine rings is 1. The zero-order chi connectivity index (χ0) is 25.1. The van der Waals surface area contributed by atoms with Crippen molar-refractivity contribution in [2.24, 2.45) is 5.92 Å². The Morgan fingerprint density at radius 2 is 1.86 bits per heavy atom. The van der Waals surface area contributed by atoms with Gasteiger partial charge in [-0.3, -0.25) is 9.88 Å². The van der Waals surface area contributed by atoms with Crippen LogP contribution in [0.4, 0.5) is 4.79 Å². The van der Waals surface area contributed by atoms with Crippen LogP contribution >= 0.6 is 0 Å². The summed E-state index contributed by atoms with van der Waals surface area (Å²) in [6.07, 6.45) is -3.45. The molecule has 13 heteroatoms. The molecule has 4 heterocycles. The summed E-state index contributed by atoms with van der Waals surface area (Å²) in [4.78, 5) is 26.1. The molecule has 6 N–H and O–H groups in total. The second-order valence-electron chi connectivity index (χ2n) is 9.08. The van der Waals surface area contributed by atoms with Gasteiger partial charge in [0.15, 0.2) is 12.4 Å². The van der Waals surface area contributed by atoms with Crippen LogP contribution in [0.5, 0.6) is 5.75 Å². The lowest BCUT2D eigenvalue weighted by Crippen LogP contribution is -2.60. The maximum absolute atomic E-state index is 13.4. The number of hydrogen-bond donors (Lipinski definition) is 6. The standard InChI is InChI=1S/C22H33N3O10/c26-9-12-3-5-24(6-4-12)22(32)25-8-13(7-14(25)15-1-2-17(34-15)23-11-28)33-20-18(29)16(10-27)35-21(31)19(20)30/h7-9,12,15-21,23,27-31H,1-6,10-11H2/t15?,16-,17?,18+,19+,20-,21+/m0/s1. The van der Waals surface area contributed by atoms with Crippen molar-refractivity contribution in [3.8, 4) is 5.75 Å². The molecule has 3 saturated heterocycles. The van der Waals surface area contributed by atoms with Crippen molar-refractivity contribution in [3.63, 3.8) is 0 Å². The minimum absolute atomic E-state index is 0.0760. The van der Waals surface area contributed by atoms with E-state index >= 15 is 0 Å². The van der Waals surface area contributed by atoms with Crippen LogP contribution in [-0.2, 0) is 14.3 Å². The Hall–Kier alpha value is -2.10. The van der Waals surface area contributed by atoms with Gasteiger partial charge < -0.3 is 49.4 Å². The van der Waals surface area contributed by atoms with Gasteiger partial charge >= 0.3 is 6.03 Å². The maximum Gasteiger partial charge on any atom is 0.328 e. The SMILES string of the molecule is O=CC1CCN(C(=O)n2cc(O[C@@H]3[C@@H](O)[C@H](O)O[C@@H](CO)[C@H]3O)cc2C2CCC(NCO)O2)CC1. The third kappa shape index (κ3) is 5.52. The summed E-state index contributed by atoms with van der Waals surface area (Å²) >= 11 is 0. The van der Waals surface area contributed by atoms with E-state index in [1.165, 1.54) is 10.8 Å². The lowest BCUT2D eigenvalue weighted by Gasteiger charge is -2.39. The number of amides is 1. The Bertz CT molecular complexity index is 874. The zero-order valence-electron chi connectivity index (χ0n) is 19.2. The first-order valence-corrected chi connectivity index (χ1v) is 11.8. The van der Waals surface area contributed by atoms with E-state index in [0.717, 1.165) is 6.29 Å². The molecule has 1 aromatic rings. The molecule has 0 aliphatic carbocycles. The summed E-state index contributed by atoms with van der Waals surface area (Å²) in [5.74, 6) is 0.0696. The number of carbonyl (C=O) groups is 2. The van der Waals surface area contributed by atoms with Gasteiger partial charge in [0, 0.05) is 25.1 Å². The highest BCUT2D eigenvalue weighted by Crippen LogP contribution is 2.36. The van der Waals surface area contributed by atoms with Crippen molar-refractivity contribution in [3.05, 3.63) is 18.0 Å². The molecule has 2 unspecified atom stereocenters. The Balaban J connectivity index is 1.58. The van der Waals surface area contributed by atoms with Crippen LogP contribution in [-0.4, -0.2) is 111 Å². The van der Waals surface area contributed by atoms with E-state index in [-0.39, 0.29) is 24.4 Å². The third-order valence-electron chi connectivity index (χ3n) is 6.81. The van der Waals surface area contributed by atoms with Crippen molar-refractivity contribution in [1.82, 2.24) is 14.8 Å². The molecule has 0 aromatic carbocycles. The van der Waals surface area contributed by atoms with Gasteiger partial charge in [0.05, 0.1) is 25.2 Å². The van der Waals surface area contributed by atoms with E-state index < -0.39 is 49.6 Å². The van der Waals surface area contributed by atoms with E-state index in [9.17, 15) is 30.0 Å². The third-order valence-corrected chi connectivity index (χ3v) is 6.81. The van der Waals surface area contributed by atoms with Crippen LogP contribution in [0.15, 0.2) is 12.3 Å². The summed E-state index contributed by atoms with van der Waals surface area (Å²) in [5, 5.41) is 52.1. The van der Waals surface area contributed by atoms with Gasteiger partial charge in [-0.05, 0) is 25.7 Å². The first-order chi connectivity index (χ1) is 16.9. The molecular formula is C22H33N3O10. The lowest BCUT2D eigenvalue weighted by atomic mass is 9.99. The molecule has 3 fully saturated rings. The Labute approximate surface area is 201 Å². The molecule has 0 spiro atoms. The molecule has 4 rings (SSSR count). The lowest BCUT2D eigenvalue weighted by molar-refractivity contribution is -0.281. The predicted molar refractivity (Wildman–Crippen MR) is 117 cm³/mol. The van der Waals surface area contributed by atoms with Crippen molar-refractivity contribution < 1.29 is 49.3 Å². The van der Waals surface area contributed by atoms with Gasteiger partial charge in [-0.15, -0.1) is 0 Å². The molecule has 0 bridgehead atoms. The minimum Gasteiger partial charge on any atom is -0.483 e. The van der Waals surface area contributed by atoms with Crippen molar-refractivity contribution in [2.45, 2.75) is 68.7 Å². The summed E-state index contributed by atoms with van der Waals surface area (Å²) in [7, 11) is 0. The highest BCUT2D eigenvalue weighted by atomic mass is 16.6. The van der Waals surface area contributed by atoms with Gasteiger partial charge in [0.2, 0.25) is 0 Å². The molecule has 3 aliphatic heterocycles. The summed E-state index contributed by atoms with van der Waals surface area (Å²) in [6.45, 7) is -0.0250. The number of aliphatic hydroxyl groups excluding tert-OH is 5. The zero-order valence-corrected chi connectivity index (χ0v) is 19.2. The normalized spacial score (nSPS) is 34.2. The first-order valence-electron chi connectivity index (χ1n) is 11.8. The number of rotatable bonds is 7. The average Bonchev–Trinajstić information content (AvgIpc) is 3.51. The van der Waals surface area contributed by atoms with E-state index in [2.05, 4.69) is 5.32 Å². The van der Waals surface area contributed by atoms with Crippen molar-refractivity contribution in [1.29, 1.82) is 0 Å². The molecule has 13 nitrogen and oxygen atoms in total. The number of aldehydes is 1. The molecule has 7 atom stereocenters. The van der Waals surface area contributed by atoms with Crippen molar-refractivity contribution >= 4 is 12.3 Å². The number of likely N-dealkylation sites (tertiary alicyclic amines) is 1. The number of aliphatic hydroxyl groups is 5. The van der Waals surface area contributed by atoms with Crippen LogP contribution in [0.1, 0.15) is 37.5 Å². The fraction of sp³-hybridized carbons (Fsp3) is 0.727. The predicted octanol–water partition coefficient (Wildman–Crippen LogP) is -1.74. The summed E-state index contributed by atoms with van der Waals surface area (Å²) < 4.78 is 18.1. The molecule has 1 amide bonds. The highest BCUT2D eigenvalue weighted by Gasteiger charge is 2.45. The van der Waals surface area contributed by atoms with Crippen LogP contribution in [0.25, 0.3) is 0 Å². The van der Waals surface area contributed by atoms with Crippen LogP contribution in [0, 0.1) is 5.92 Å². The van der Waals surface area contributed by atoms with E-state index in [0.29, 0.717) is 44.5 Å². The number of ether oxygens (including phenoxy) is 3. The quantitative estimate of drug-likeness (QED) is 0.185. The molecular weight excluding hydrogens is 466 g/mol. The number of aromatic nitrogens is 1. The van der Waals surface area contributed by atoms with Crippen LogP contribution < -0.4 is 10.1 Å². The van der Waals surface area contributed by atoms with Gasteiger partial charge in [0.25, 0.3) is 0 Å². The second kappa shape index (κ2) is 11.3. The first kappa shape index (κ1) is 26.0. The van der Waals surface area contributed by atoms with Crippen LogP contribution in [0.3, 0.4) is 0 Å². The maximum atomic E-state index is 13.4. The Morgan fingerprint density at radius 1 is 1.11 bits per heavy atom. The molecule has 0 radical (unpaired) electrons. The molecule has 35 heavy (non-hydrogen) atoms. The summed E-state index contributed by atoms with van der Waals surface area (Å²) in [5.41, 5.74) is 0.486. The Kier molecular flexibility index (Phi) is 8.39. The topological polar surface area (TPSA) is 183 Å². The summed E-state index contributed by atoms with van der Waals surface area (Å²) in [6, 6.07) is 1.24. The van der Waals surface area contributed by atoms with Gasteiger partial charge in [-0.2, -0.15) is 0 Å². The highest BCUT2D eigenvalue weighted by molar-refractivity contribution is 5.79. The molecule has 1 aromatic heterocycles. The number of nitrogens with one attached hydrogen (secondary N) is 1. The van der Waals surface area contributed by atoms with Gasteiger partial charge in [0.1, 0.15) is 42.7 Å². The number of carbonyl (C=O) groups excluding carboxylic acids is 2. The smallest absolute Gasteiger partial charge is 0.328 e. The molecule has 0 saturated carbocycles. The van der Waals surface area contributed by atoms with Gasteiger partial charge in [-0.25, -0.2) is 4.79 Å². The second-order valence-corrected chi connectivity index (χ2v) is 9.08. The Morgan fingerprint density at radius 3 is 2.51 bits per heavy atom. The monoisotopic (exact) mass is 499 g/mol. The van der Waals surface area contributed by atoms with E-state index in [4.69, 9.17) is 19.3 Å². The average molecular weight is 500 g/mol. The fourth-order valence-electron chi connectivity index (χ4n) is 4.78. The largest absolute Gasteiger partial charge is 0.483 e. The minimum atomic E-state index is -1.67. The number of hydrogen-bond acceptors (Lipinski definition) is 11.